The maximum absolute atomic E-state index is 12.6. The number of hydrogen-bond donors (Lipinski definition) is 0. The summed E-state index contributed by atoms with van der Waals surface area (Å²) in [5.74, 6) is -1.02. The maximum Gasteiger partial charge on any atom is 0.338 e. The third-order valence-corrected chi connectivity index (χ3v) is 6.36. The Morgan fingerprint density at radius 3 is 2.07 bits per heavy atom. The normalized spacial score (nSPS) is 14.9. The van der Waals surface area contributed by atoms with Crippen molar-refractivity contribution in [3.8, 4) is 0 Å². The lowest BCUT2D eigenvalue weighted by Gasteiger charge is -2.26. The molecule has 2 aromatic rings. The van der Waals surface area contributed by atoms with Crippen LogP contribution in [0.1, 0.15) is 26.3 Å². The van der Waals surface area contributed by atoms with Crippen LogP contribution in [-0.2, 0) is 30.8 Å². The summed E-state index contributed by atoms with van der Waals surface area (Å²) in [6.45, 7) is 1.37. The van der Waals surface area contributed by atoms with Crippen LogP contribution in [0.3, 0.4) is 0 Å². The Labute approximate surface area is 169 Å². The Morgan fingerprint density at radius 2 is 1.48 bits per heavy atom. The van der Waals surface area contributed by atoms with Gasteiger partial charge in [-0.2, -0.15) is 4.31 Å². The summed E-state index contributed by atoms with van der Waals surface area (Å²) >= 11 is 0. The average Bonchev–Trinajstić information content (AvgIpc) is 2.78. The number of rotatable bonds is 6. The van der Waals surface area contributed by atoms with Crippen LogP contribution in [0.15, 0.2) is 53.4 Å². The van der Waals surface area contributed by atoms with Crippen molar-refractivity contribution in [3.63, 3.8) is 0 Å². The summed E-state index contributed by atoms with van der Waals surface area (Å²) < 4.78 is 41.6. The van der Waals surface area contributed by atoms with E-state index in [0.717, 1.165) is 0 Å². The van der Waals surface area contributed by atoms with Gasteiger partial charge in [-0.3, -0.25) is 0 Å². The van der Waals surface area contributed by atoms with E-state index >= 15 is 0 Å². The molecular weight excluding hydrogens is 398 g/mol. The molecule has 1 heterocycles. The van der Waals surface area contributed by atoms with E-state index in [1.165, 1.54) is 35.7 Å². The number of sulfonamides is 1. The number of esters is 2. The number of methoxy groups -OCH3 is 1. The van der Waals surface area contributed by atoms with Gasteiger partial charge in [0.25, 0.3) is 0 Å². The van der Waals surface area contributed by atoms with Crippen molar-refractivity contribution in [1.29, 1.82) is 0 Å². The molecule has 9 heteroatoms. The van der Waals surface area contributed by atoms with Crippen molar-refractivity contribution in [2.45, 2.75) is 11.5 Å². The minimum absolute atomic E-state index is 0.0219. The van der Waals surface area contributed by atoms with Crippen molar-refractivity contribution >= 4 is 22.0 Å². The van der Waals surface area contributed by atoms with E-state index in [2.05, 4.69) is 4.74 Å². The van der Waals surface area contributed by atoms with Crippen LogP contribution in [0.25, 0.3) is 0 Å². The fourth-order valence-corrected chi connectivity index (χ4v) is 4.19. The molecule has 0 spiro atoms. The number of nitrogens with zero attached hydrogens (tertiary/aromatic N) is 1. The number of carbonyl (C=O) groups is 2. The van der Waals surface area contributed by atoms with Crippen molar-refractivity contribution in [1.82, 2.24) is 4.31 Å². The van der Waals surface area contributed by atoms with E-state index in [1.54, 1.807) is 24.3 Å². The molecule has 0 radical (unpaired) electrons. The summed E-state index contributed by atoms with van der Waals surface area (Å²) in [4.78, 5) is 23.8. The second-order valence-electron chi connectivity index (χ2n) is 6.31. The van der Waals surface area contributed by atoms with Crippen LogP contribution < -0.4 is 0 Å². The van der Waals surface area contributed by atoms with Crippen molar-refractivity contribution in [2.75, 3.05) is 33.4 Å². The van der Waals surface area contributed by atoms with Crippen LogP contribution in [0.2, 0.25) is 0 Å². The molecule has 154 valence electrons. The first kappa shape index (κ1) is 21.0. The minimum Gasteiger partial charge on any atom is -0.465 e. The van der Waals surface area contributed by atoms with Gasteiger partial charge in [-0.15, -0.1) is 0 Å². The zero-order valence-corrected chi connectivity index (χ0v) is 16.7. The van der Waals surface area contributed by atoms with Gasteiger partial charge in [0.1, 0.15) is 6.61 Å². The molecule has 0 amide bonds. The summed E-state index contributed by atoms with van der Waals surface area (Å²) in [7, 11) is -2.31. The molecule has 1 fully saturated rings. The van der Waals surface area contributed by atoms with Gasteiger partial charge in [0.15, 0.2) is 0 Å². The fourth-order valence-electron chi connectivity index (χ4n) is 2.79. The molecule has 0 aliphatic carbocycles. The zero-order chi connectivity index (χ0) is 20.9. The lowest BCUT2D eigenvalue weighted by Crippen LogP contribution is -2.40. The Morgan fingerprint density at radius 1 is 0.931 bits per heavy atom. The Balaban J connectivity index is 1.61. The monoisotopic (exact) mass is 419 g/mol. The number of carbonyl (C=O) groups excluding carboxylic acids is 2. The second kappa shape index (κ2) is 9.17. The van der Waals surface area contributed by atoms with Crippen LogP contribution >= 0.6 is 0 Å². The van der Waals surface area contributed by atoms with Crippen LogP contribution in [-0.4, -0.2) is 58.1 Å². The Hall–Kier alpha value is -2.75. The number of ether oxygens (including phenoxy) is 3. The first-order valence-corrected chi connectivity index (χ1v) is 10.4. The summed E-state index contributed by atoms with van der Waals surface area (Å²) in [5.41, 5.74) is 1.36. The van der Waals surface area contributed by atoms with E-state index in [1.807, 2.05) is 0 Å². The summed E-state index contributed by atoms with van der Waals surface area (Å²) in [6.07, 6.45) is 0. The van der Waals surface area contributed by atoms with Crippen LogP contribution in [0.5, 0.6) is 0 Å². The largest absolute Gasteiger partial charge is 0.465 e. The molecule has 2 aromatic carbocycles. The van der Waals surface area contributed by atoms with Crippen LogP contribution in [0.4, 0.5) is 0 Å². The topological polar surface area (TPSA) is 99.2 Å². The molecular formula is C20H21NO7S. The molecule has 8 nitrogen and oxygen atoms in total. The van der Waals surface area contributed by atoms with Gasteiger partial charge in [0, 0.05) is 13.1 Å². The van der Waals surface area contributed by atoms with Crippen molar-refractivity contribution in [3.05, 3.63) is 65.2 Å². The molecule has 29 heavy (non-hydrogen) atoms. The third-order valence-electron chi connectivity index (χ3n) is 4.44. The predicted molar refractivity (Wildman–Crippen MR) is 103 cm³/mol. The second-order valence-corrected chi connectivity index (χ2v) is 8.24. The van der Waals surface area contributed by atoms with Gasteiger partial charge in [0.05, 0.1) is 36.3 Å². The first-order chi connectivity index (χ1) is 13.9. The molecule has 1 aliphatic heterocycles. The molecule has 0 unspecified atom stereocenters. The minimum atomic E-state index is -3.61. The highest BCUT2D eigenvalue weighted by molar-refractivity contribution is 7.89. The smallest absolute Gasteiger partial charge is 0.338 e. The molecule has 0 atom stereocenters. The molecule has 0 bridgehead atoms. The predicted octanol–water partition coefficient (Wildman–Crippen LogP) is 1.85. The standard InChI is InChI=1S/C20H21NO7S/c1-26-19(22)16-4-2-15(3-5-16)14-28-20(23)17-6-8-18(9-7-17)29(24,25)21-10-12-27-13-11-21/h2-9H,10-14H2,1H3. The molecule has 0 N–H and O–H groups in total. The van der Waals surface area contributed by atoms with Gasteiger partial charge in [-0.05, 0) is 42.0 Å². The molecule has 3 rings (SSSR count). The number of hydrogen-bond acceptors (Lipinski definition) is 7. The Bertz CT molecular complexity index is 963. The van der Waals surface area contributed by atoms with Crippen LogP contribution in [0, 0.1) is 0 Å². The molecule has 0 aromatic heterocycles. The molecule has 0 saturated carbocycles. The van der Waals surface area contributed by atoms with E-state index in [-0.39, 0.29) is 17.1 Å². The quantitative estimate of drug-likeness (QED) is 0.659. The van der Waals surface area contributed by atoms with Gasteiger partial charge in [-0.1, -0.05) is 12.1 Å². The molecule has 1 aliphatic rings. The number of benzene rings is 2. The SMILES string of the molecule is COC(=O)c1ccc(COC(=O)c2ccc(S(=O)(=O)N3CCOCC3)cc2)cc1. The highest BCUT2D eigenvalue weighted by atomic mass is 32.2. The van der Waals surface area contributed by atoms with E-state index < -0.39 is 22.0 Å². The first-order valence-electron chi connectivity index (χ1n) is 8.94. The third kappa shape index (κ3) is 5.00. The molecule has 1 saturated heterocycles. The zero-order valence-electron chi connectivity index (χ0n) is 15.9. The van der Waals surface area contributed by atoms with Crippen molar-refractivity contribution in [2.24, 2.45) is 0 Å². The Kier molecular flexibility index (Phi) is 6.63. The lowest BCUT2D eigenvalue weighted by molar-refractivity contribution is 0.0471. The summed E-state index contributed by atoms with van der Waals surface area (Å²) in [5, 5.41) is 0. The highest BCUT2D eigenvalue weighted by Crippen LogP contribution is 2.18. The highest BCUT2D eigenvalue weighted by Gasteiger charge is 2.26. The number of morpholine rings is 1. The van der Waals surface area contributed by atoms with E-state index in [4.69, 9.17) is 9.47 Å². The van der Waals surface area contributed by atoms with E-state index in [9.17, 15) is 18.0 Å². The maximum atomic E-state index is 12.6. The summed E-state index contributed by atoms with van der Waals surface area (Å²) in [6, 6.07) is 12.1. The average molecular weight is 419 g/mol. The van der Waals surface area contributed by atoms with Gasteiger partial charge in [0.2, 0.25) is 10.0 Å². The van der Waals surface area contributed by atoms with E-state index in [0.29, 0.717) is 37.4 Å². The van der Waals surface area contributed by atoms with Gasteiger partial charge >= 0.3 is 11.9 Å². The fraction of sp³-hybridized carbons (Fsp3) is 0.300. The lowest BCUT2D eigenvalue weighted by atomic mass is 10.1. The van der Waals surface area contributed by atoms with Gasteiger partial charge in [-0.25, -0.2) is 18.0 Å². The van der Waals surface area contributed by atoms with Crippen molar-refractivity contribution < 1.29 is 32.2 Å². The van der Waals surface area contributed by atoms with Gasteiger partial charge < -0.3 is 14.2 Å².